The summed E-state index contributed by atoms with van der Waals surface area (Å²) < 4.78 is 11.6. The van der Waals surface area contributed by atoms with E-state index >= 15 is 0 Å². The molecule has 1 aromatic heterocycles. The summed E-state index contributed by atoms with van der Waals surface area (Å²) in [4.78, 5) is 19.2. The standard InChI is InChI=1S/C24H28N2O3/c1-26(17-20-11-5-6-15-28-20)24(27)19-13-14-22-21(16-19)25-23(29-22)12-7-10-18-8-3-2-4-9-18/h2-4,8-9,13-14,16,20H,5-7,10-12,15,17H2,1H3/t20-/m0/s1. The maximum atomic E-state index is 12.8. The van der Waals surface area contributed by atoms with Gasteiger partial charge in [0.1, 0.15) is 5.52 Å². The summed E-state index contributed by atoms with van der Waals surface area (Å²) in [7, 11) is 1.84. The molecule has 1 fully saturated rings. The number of hydrogen-bond acceptors (Lipinski definition) is 4. The van der Waals surface area contributed by atoms with E-state index in [1.807, 2.05) is 31.3 Å². The highest BCUT2D eigenvalue weighted by Gasteiger charge is 2.20. The molecule has 1 aliphatic rings. The summed E-state index contributed by atoms with van der Waals surface area (Å²) >= 11 is 0. The van der Waals surface area contributed by atoms with Crippen LogP contribution in [0.25, 0.3) is 11.1 Å². The molecule has 5 heteroatoms. The van der Waals surface area contributed by atoms with Gasteiger partial charge in [-0.25, -0.2) is 4.98 Å². The average molecular weight is 392 g/mol. The van der Waals surface area contributed by atoms with Crippen molar-refractivity contribution in [1.82, 2.24) is 9.88 Å². The molecule has 4 rings (SSSR count). The van der Waals surface area contributed by atoms with Crippen LogP contribution in [0.1, 0.15) is 47.5 Å². The van der Waals surface area contributed by atoms with Crippen molar-refractivity contribution in [2.75, 3.05) is 20.2 Å². The van der Waals surface area contributed by atoms with Crippen molar-refractivity contribution in [3.05, 3.63) is 65.5 Å². The SMILES string of the molecule is CN(C[C@@H]1CCCCO1)C(=O)c1ccc2oc(CCCc3ccccc3)nc2c1. The van der Waals surface area contributed by atoms with Crippen molar-refractivity contribution in [1.29, 1.82) is 0 Å². The molecule has 0 saturated carbocycles. The van der Waals surface area contributed by atoms with Gasteiger partial charge in [-0.1, -0.05) is 30.3 Å². The van der Waals surface area contributed by atoms with Crippen molar-refractivity contribution in [3.63, 3.8) is 0 Å². The van der Waals surface area contributed by atoms with E-state index in [0.717, 1.165) is 55.7 Å². The molecule has 2 heterocycles. The number of carbonyl (C=O) groups is 1. The summed E-state index contributed by atoms with van der Waals surface area (Å²) in [6, 6.07) is 15.9. The Morgan fingerprint density at radius 3 is 2.79 bits per heavy atom. The number of fused-ring (bicyclic) bond motifs is 1. The normalized spacial score (nSPS) is 16.8. The van der Waals surface area contributed by atoms with Crippen molar-refractivity contribution < 1.29 is 13.9 Å². The van der Waals surface area contributed by atoms with Crippen LogP contribution in [0.3, 0.4) is 0 Å². The average Bonchev–Trinajstić information content (AvgIpc) is 3.16. The molecule has 1 saturated heterocycles. The van der Waals surface area contributed by atoms with Crippen LogP contribution in [0.2, 0.25) is 0 Å². The van der Waals surface area contributed by atoms with Gasteiger partial charge in [-0.15, -0.1) is 0 Å². The molecule has 0 N–H and O–H groups in total. The van der Waals surface area contributed by atoms with Crippen molar-refractivity contribution in [3.8, 4) is 0 Å². The quantitative estimate of drug-likeness (QED) is 0.588. The fourth-order valence-electron chi connectivity index (χ4n) is 3.86. The van der Waals surface area contributed by atoms with Crippen molar-refractivity contribution in [2.45, 2.75) is 44.6 Å². The molecule has 3 aromatic rings. The van der Waals surface area contributed by atoms with Gasteiger partial charge in [0.15, 0.2) is 11.5 Å². The fourth-order valence-corrected chi connectivity index (χ4v) is 3.86. The summed E-state index contributed by atoms with van der Waals surface area (Å²) in [6.07, 6.45) is 6.21. The minimum Gasteiger partial charge on any atom is -0.441 e. The second-order valence-corrected chi connectivity index (χ2v) is 7.80. The number of nitrogens with zero attached hydrogens (tertiary/aromatic N) is 2. The van der Waals surface area contributed by atoms with Gasteiger partial charge in [-0.2, -0.15) is 0 Å². The van der Waals surface area contributed by atoms with Crippen molar-refractivity contribution in [2.24, 2.45) is 0 Å². The third-order valence-corrected chi connectivity index (χ3v) is 5.48. The molecule has 0 bridgehead atoms. The zero-order valence-corrected chi connectivity index (χ0v) is 17.0. The second kappa shape index (κ2) is 9.23. The number of likely N-dealkylation sites (N-methyl/N-ethyl adjacent to an activating group) is 1. The van der Waals surface area contributed by atoms with Crippen LogP contribution in [0.15, 0.2) is 52.9 Å². The lowest BCUT2D eigenvalue weighted by Crippen LogP contribution is -2.37. The molecule has 29 heavy (non-hydrogen) atoms. The lowest BCUT2D eigenvalue weighted by atomic mass is 10.1. The Hall–Kier alpha value is -2.66. The number of carbonyl (C=O) groups excluding carboxylic acids is 1. The molecule has 0 spiro atoms. The minimum atomic E-state index is -0.00491. The molecule has 5 nitrogen and oxygen atoms in total. The summed E-state index contributed by atoms with van der Waals surface area (Å²) in [5.74, 6) is 0.721. The zero-order chi connectivity index (χ0) is 20.1. The van der Waals surface area contributed by atoms with E-state index in [9.17, 15) is 4.79 Å². The van der Waals surface area contributed by atoms with Gasteiger partial charge in [-0.3, -0.25) is 4.79 Å². The number of oxazole rings is 1. The number of hydrogen-bond donors (Lipinski definition) is 0. The van der Waals surface area contributed by atoms with Crippen LogP contribution in [0.5, 0.6) is 0 Å². The third kappa shape index (κ3) is 5.04. The Morgan fingerprint density at radius 2 is 2.00 bits per heavy atom. The van der Waals surface area contributed by atoms with Crippen LogP contribution in [0, 0.1) is 0 Å². The summed E-state index contributed by atoms with van der Waals surface area (Å²) in [5, 5.41) is 0. The molecule has 152 valence electrons. The van der Waals surface area contributed by atoms with Crippen LogP contribution in [0.4, 0.5) is 0 Å². The van der Waals surface area contributed by atoms with Gasteiger partial charge in [-0.05, 0) is 55.9 Å². The van der Waals surface area contributed by atoms with Crippen LogP contribution < -0.4 is 0 Å². The molecule has 0 unspecified atom stereocenters. The number of rotatable bonds is 7. The summed E-state index contributed by atoms with van der Waals surface area (Å²) in [6.45, 7) is 1.42. The Balaban J connectivity index is 1.37. The smallest absolute Gasteiger partial charge is 0.253 e. The third-order valence-electron chi connectivity index (χ3n) is 5.48. The van der Waals surface area contributed by atoms with Gasteiger partial charge in [0.2, 0.25) is 0 Å². The Labute approximate surface area is 171 Å². The first-order chi connectivity index (χ1) is 14.2. The topological polar surface area (TPSA) is 55.6 Å². The van der Waals surface area contributed by atoms with Crippen LogP contribution >= 0.6 is 0 Å². The maximum absolute atomic E-state index is 12.8. The highest BCUT2D eigenvalue weighted by molar-refractivity contribution is 5.97. The summed E-state index contributed by atoms with van der Waals surface area (Å²) in [5.41, 5.74) is 3.43. The fraction of sp³-hybridized carbons (Fsp3) is 0.417. The van der Waals surface area contributed by atoms with Crippen LogP contribution in [-0.2, 0) is 17.6 Å². The number of aryl methyl sites for hydroxylation is 2. The van der Waals surface area contributed by atoms with E-state index in [-0.39, 0.29) is 12.0 Å². The van der Waals surface area contributed by atoms with Gasteiger partial charge in [0.25, 0.3) is 5.91 Å². The Bertz CT molecular complexity index is 945. The first-order valence-corrected chi connectivity index (χ1v) is 10.5. The second-order valence-electron chi connectivity index (χ2n) is 7.80. The molecule has 1 aliphatic heterocycles. The zero-order valence-electron chi connectivity index (χ0n) is 17.0. The van der Waals surface area contributed by atoms with Crippen molar-refractivity contribution >= 4 is 17.0 Å². The maximum Gasteiger partial charge on any atom is 0.253 e. The monoisotopic (exact) mass is 392 g/mol. The van der Waals surface area contributed by atoms with Gasteiger partial charge >= 0.3 is 0 Å². The lowest BCUT2D eigenvalue weighted by molar-refractivity contribution is -0.000184. The van der Waals surface area contributed by atoms with Gasteiger partial charge in [0.05, 0.1) is 6.10 Å². The van der Waals surface area contributed by atoms with E-state index < -0.39 is 0 Å². The first kappa shape index (κ1) is 19.6. The van der Waals surface area contributed by atoms with Gasteiger partial charge in [0, 0.05) is 32.2 Å². The number of benzene rings is 2. The number of aromatic nitrogens is 1. The predicted octanol–water partition coefficient (Wildman–Crippen LogP) is 4.64. The van der Waals surface area contributed by atoms with Gasteiger partial charge < -0.3 is 14.1 Å². The highest BCUT2D eigenvalue weighted by atomic mass is 16.5. The highest BCUT2D eigenvalue weighted by Crippen LogP contribution is 2.20. The molecule has 0 radical (unpaired) electrons. The lowest BCUT2D eigenvalue weighted by Gasteiger charge is -2.27. The van der Waals surface area contributed by atoms with Crippen LogP contribution in [-0.4, -0.2) is 42.1 Å². The molecular formula is C24H28N2O3. The van der Waals surface area contributed by atoms with E-state index in [0.29, 0.717) is 12.1 Å². The van der Waals surface area contributed by atoms with E-state index in [2.05, 4.69) is 29.2 Å². The Morgan fingerprint density at radius 1 is 1.14 bits per heavy atom. The number of ether oxygens (including phenoxy) is 1. The first-order valence-electron chi connectivity index (χ1n) is 10.5. The molecule has 2 aromatic carbocycles. The molecule has 1 amide bonds. The van der Waals surface area contributed by atoms with E-state index in [4.69, 9.17) is 9.15 Å². The Kier molecular flexibility index (Phi) is 6.25. The predicted molar refractivity (Wildman–Crippen MR) is 113 cm³/mol. The van der Waals surface area contributed by atoms with E-state index in [1.165, 1.54) is 12.0 Å². The largest absolute Gasteiger partial charge is 0.441 e. The minimum absolute atomic E-state index is 0.00491. The number of amides is 1. The van der Waals surface area contributed by atoms with E-state index in [1.54, 1.807) is 4.90 Å². The molecular weight excluding hydrogens is 364 g/mol. The molecule has 1 atom stereocenters. The molecule has 0 aliphatic carbocycles.